The molecular weight excluding hydrogens is 345 g/mol. The molecule has 2 aromatic carbocycles. The van der Waals surface area contributed by atoms with E-state index in [1.54, 1.807) is 18.2 Å². The highest BCUT2D eigenvalue weighted by atomic mass is 19.1. The van der Waals surface area contributed by atoms with Crippen LogP contribution in [0.1, 0.15) is 5.56 Å². The summed E-state index contributed by atoms with van der Waals surface area (Å²) in [6.07, 6.45) is 0. The van der Waals surface area contributed by atoms with Crippen molar-refractivity contribution in [3.63, 3.8) is 0 Å². The van der Waals surface area contributed by atoms with Gasteiger partial charge >= 0.3 is 5.97 Å². The number of esters is 1. The van der Waals surface area contributed by atoms with Gasteiger partial charge in [0.25, 0.3) is 5.91 Å². The second kappa shape index (κ2) is 8.19. The molecule has 0 unspecified atom stereocenters. The summed E-state index contributed by atoms with van der Waals surface area (Å²) in [7, 11) is 0. The summed E-state index contributed by atoms with van der Waals surface area (Å²) < 4.78 is 33.3. The van der Waals surface area contributed by atoms with Gasteiger partial charge in [-0.3, -0.25) is 4.79 Å². The first-order chi connectivity index (χ1) is 12.6. The van der Waals surface area contributed by atoms with Gasteiger partial charge in [0, 0.05) is 12.6 Å². The molecule has 0 saturated heterocycles. The molecule has 0 saturated carbocycles. The third-order valence-corrected chi connectivity index (χ3v) is 3.44. The van der Waals surface area contributed by atoms with E-state index in [1.165, 1.54) is 18.2 Å². The molecule has 0 fully saturated rings. The number of fused-ring (bicyclic) bond motifs is 1. The Labute approximate surface area is 148 Å². The van der Waals surface area contributed by atoms with E-state index in [4.69, 9.17) is 18.9 Å². The minimum Gasteiger partial charge on any atom is -0.482 e. The van der Waals surface area contributed by atoms with E-state index in [1.807, 2.05) is 0 Å². The molecule has 26 heavy (non-hydrogen) atoms. The van der Waals surface area contributed by atoms with Gasteiger partial charge in [0.05, 0.1) is 0 Å². The predicted octanol–water partition coefficient (Wildman–Crippen LogP) is 1.79. The largest absolute Gasteiger partial charge is 0.482 e. The Morgan fingerprint density at radius 2 is 1.92 bits per heavy atom. The van der Waals surface area contributed by atoms with Gasteiger partial charge in [0.15, 0.2) is 24.7 Å². The van der Waals surface area contributed by atoms with E-state index in [9.17, 15) is 14.0 Å². The highest BCUT2D eigenvalue weighted by Crippen LogP contribution is 2.32. The summed E-state index contributed by atoms with van der Waals surface area (Å²) in [5.41, 5.74) is 0.823. The zero-order valence-corrected chi connectivity index (χ0v) is 13.7. The lowest BCUT2D eigenvalue weighted by Crippen LogP contribution is -2.29. The molecule has 1 aliphatic heterocycles. The van der Waals surface area contributed by atoms with Crippen molar-refractivity contribution in [3.8, 4) is 17.2 Å². The van der Waals surface area contributed by atoms with Crippen molar-refractivity contribution >= 4 is 11.9 Å². The van der Waals surface area contributed by atoms with Gasteiger partial charge in [-0.2, -0.15) is 0 Å². The van der Waals surface area contributed by atoms with Crippen LogP contribution < -0.4 is 19.5 Å². The van der Waals surface area contributed by atoms with E-state index in [0.717, 1.165) is 11.6 Å². The van der Waals surface area contributed by atoms with Crippen LogP contribution in [0.3, 0.4) is 0 Å². The smallest absolute Gasteiger partial charge is 0.344 e. The molecular formula is C18H16FNO6. The maximum Gasteiger partial charge on any atom is 0.344 e. The summed E-state index contributed by atoms with van der Waals surface area (Å²) in [6.45, 7) is -0.416. The zero-order valence-electron chi connectivity index (χ0n) is 13.7. The third-order valence-electron chi connectivity index (χ3n) is 3.44. The van der Waals surface area contributed by atoms with E-state index in [-0.39, 0.29) is 19.1 Å². The molecule has 1 aliphatic rings. The predicted molar refractivity (Wildman–Crippen MR) is 87.3 cm³/mol. The van der Waals surface area contributed by atoms with Gasteiger partial charge in [-0.25, -0.2) is 9.18 Å². The molecule has 0 bridgehead atoms. The molecule has 136 valence electrons. The molecule has 7 nitrogen and oxygen atoms in total. The van der Waals surface area contributed by atoms with Crippen LogP contribution in [0.2, 0.25) is 0 Å². The summed E-state index contributed by atoms with van der Waals surface area (Å²) in [5, 5.41) is 2.62. The fraction of sp³-hybridized carbons (Fsp3) is 0.222. The fourth-order valence-corrected chi connectivity index (χ4v) is 2.19. The van der Waals surface area contributed by atoms with Crippen LogP contribution in [-0.4, -0.2) is 31.9 Å². The fourth-order valence-electron chi connectivity index (χ4n) is 2.19. The second-order valence-electron chi connectivity index (χ2n) is 5.37. The summed E-state index contributed by atoms with van der Waals surface area (Å²) in [6, 6.07) is 10.7. The Balaban J connectivity index is 1.36. The molecule has 0 aliphatic carbocycles. The van der Waals surface area contributed by atoms with Gasteiger partial charge in [0.2, 0.25) is 6.79 Å². The van der Waals surface area contributed by atoms with Crippen molar-refractivity contribution in [2.24, 2.45) is 0 Å². The van der Waals surface area contributed by atoms with Crippen LogP contribution in [0.4, 0.5) is 4.39 Å². The quantitative estimate of drug-likeness (QED) is 0.757. The van der Waals surface area contributed by atoms with Crippen LogP contribution in [0.15, 0.2) is 42.5 Å². The van der Waals surface area contributed by atoms with Crippen LogP contribution in [0, 0.1) is 5.82 Å². The number of amides is 1. The van der Waals surface area contributed by atoms with Crippen LogP contribution in [0.25, 0.3) is 0 Å². The average molecular weight is 361 g/mol. The minimum atomic E-state index is -0.729. The summed E-state index contributed by atoms with van der Waals surface area (Å²) in [5.74, 6) is -0.174. The number of hydrogen-bond donors (Lipinski definition) is 1. The monoisotopic (exact) mass is 361 g/mol. The number of nitrogens with one attached hydrogen (secondary N) is 1. The van der Waals surface area contributed by atoms with Gasteiger partial charge < -0.3 is 24.3 Å². The Kier molecular flexibility index (Phi) is 5.52. The van der Waals surface area contributed by atoms with Gasteiger partial charge in [0.1, 0.15) is 11.6 Å². The van der Waals surface area contributed by atoms with Crippen molar-refractivity contribution in [1.29, 1.82) is 0 Å². The number of benzene rings is 2. The Bertz CT molecular complexity index is 810. The summed E-state index contributed by atoms with van der Waals surface area (Å²) >= 11 is 0. The number of carbonyl (C=O) groups excluding carboxylic acids is 2. The Morgan fingerprint density at radius 3 is 2.77 bits per heavy atom. The molecule has 0 spiro atoms. The summed E-state index contributed by atoms with van der Waals surface area (Å²) in [4.78, 5) is 23.3. The number of rotatable bonds is 7. The molecule has 1 N–H and O–H groups in total. The SMILES string of the molecule is O=C(COC(=O)COc1cccc(F)c1)NCc1ccc2c(c1)OCO2. The molecule has 0 radical (unpaired) electrons. The number of carbonyl (C=O) groups is 2. The lowest BCUT2D eigenvalue weighted by atomic mass is 10.2. The lowest BCUT2D eigenvalue weighted by Gasteiger charge is -2.08. The first-order valence-corrected chi connectivity index (χ1v) is 7.79. The minimum absolute atomic E-state index is 0.179. The Morgan fingerprint density at radius 1 is 1.08 bits per heavy atom. The first kappa shape index (κ1) is 17.5. The van der Waals surface area contributed by atoms with Crippen molar-refractivity contribution in [2.75, 3.05) is 20.0 Å². The molecule has 1 heterocycles. The van der Waals surface area contributed by atoms with Crippen molar-refractivity contribution in [3.05, 3.63) is 53.8 Å². The normalized spacial score (nSPS) is 11.7. The topological polar surface area (TPSA) is 83.1 Å². The van der Waals surface area contributed by atoms with Crippen LogP contribution in [0.5, 0.6) is 17.2 Å². The molecule has 1 amide bonds. The maximum absolute atomic E-state index is 13.0. The van der Waals surface area contributed by atoms with Crippen molar-refractivity contribution in [2.45, 2.75) is 6.54 Å². The van der Waals surface area contributed by atoms with Gasteiger partial charge in [-0.15, -0.1) is 0 Å². The van der Waals surface area contributed by atoms with Gasteiger partial charge in [-0.1, -0.05) is 12.1 Å². The lowest BCUT2D eigenvalue weighted by molar-refractivity contribution is -0.150. The Hall–Kier alpha value is -3.29. The van der Waals surface area contributed by atoms with Crippen LogP contribution >= 0.6 is 0 Å². The van der Waals surface area contributed by atoms with E-state index in [0.29, 0.717) is 11.5 Å². The van der Waals surface area contributed by atoms with Crippen LogP contribution in [-0.2, 0) is 20.9 Å². The molecule has 8 heteroatoms. The number of ether oxygens (including phenoxy) is 4. The molecule has 2 aromatic rings. The standard InChI is InChI=1S/C18H16FNO6/c19-13-2-1-3-14(7-13)23-10-18(22)24-9-17(21)20-8-12-4-5-15-16(6-12)26-11-25-15/h1-7H,8-11H2,(H,20,21). The van der Waals surface area contributed by atoms with E-state index >= 15 is 0 Å². The highest BCUT2D eigenvalue weighted by Gasteiger charge is 2.14. The molecule has 0 atom stereocenters. The van der Waals surface area contributed by atoms with Crippen molar-refractivity contribution < 1.29 is 32.9 Å². The highest BCUT2D eigenvalue weighted by molar-refractivity contribution is 5.80. The first-order valence-electron chi connectivity index (χ1n) is 7.79. The molecule has 3 rings (SSSR count). The molecule has 0 aromatic heterocycles. The van der Waals surface area contributed by atoms with Gasteiger partial charge in [-0.05, 0) is 29.8 Å². The number of hydrogen-bond acceptors (Lipinski definition) is 6. The van der Waals surface area contributed by atoms with E-state index < -0.39 is 30.9 Å². The second-order valence-corrected chi connectivity index (χ2v) is 5.37. The zero-order chi connectivity index (χ0) is 18.4. The maximum atomic E-state index is 13.0. The average Bonchev–Trinajstić information content (AvgIpc) is 3.11. The number of halogens is 1. The van der Waals surface area contributed by atoms with Crippen molar-refractivity contribution in [1.82, 2.24) is 5.32 Å². The third kappa shape index (κ3) is 4.85. The van der Waals surface area contributed by atoms with E-state index in [2.05, 4.69) is 5.32 Å².